The van der Waals surface area contributed by atoms with Crippen molar-refractivity contribution in [3.63, 3.8) is 0 Å². The van der Waals surface area contributed by atoms with Gasteiger partial charge in [-0.2, -0.15) is 5.10 Å². The van der Waals surface area contributed by atoms with Crippen LogP contribution in [0.3, 0.4) is 0 Å². The second kappa shape index (κ2) is 6.81. The van der Waals surface area contributed by atoms with Gasteiger partial charge in [0.05, 0.1) is 16.6 Å². The van der Waals surface area contributed by atoms with Crippen molar-refractivity contribution in [2.75, 3.05) is 6.54 Å². The van der Waals surface area contributed by atoms with Crippen LogP contribution >= 0.6 is 0 Å². The smallest absolute Gasteiger partial charge is 0.309 e. The Labute approximate surface area is 182 Å². The molecule has 0 spiro atoms. The number of benzene rings is 1. The maximum Gasteiger partial charge on any atom is 0.309 e. The summed E-state index contributed by atoms with van der Waals surface area (Å²) in [6, 6.07) is 6.46. The number of carboxylic acids is 1. The Bertz CT molecular complexity index is 1060. The molecule has 5 aliphatic rings. The Morgan fingerprint density at radius 1 is 1.23 bits per heavy atom. The molecular weight excluding hydrogens is 390 g/mol. The van der Waals surface area contributed by atoms with E-state index in [-0.39, 0.29) is 17.9 Å². The number of rotatable bonds is 5. The van der Waals surface area contributed by atoms with Crippen molar-refractivity contribution in [3.8, 4) is 0 Å². The molecule has 2 aliphatic heterocycles. The number of hydrogen-bond acceptors (Lipinski definition) is 3. The summed E-state index contributed by atoms with van der Waals surface area (Å²) in [5, 5.41) is 19.0. The Kier molecular flexibility index (Phi) is 4.25. The number of hydrogen-bond donors (Lipinski definition) is 2. The fourth-order valence-electron chi connectivity index (χ4n) is 7.16. The van der Waals surface area contributed by atoms with Crippen LogP contribution in [0.2, 0.25) is 0 Å². The molecule has 2 saturated heterocycles. The summed E-state index contributed by atoms with van der Waals surface area (Å²) < 4.78 is 0. The molecule has 1 aromatic heterocycles. The summed E-state index contributed by atoms with van der Waals surface area (Å²) in [5.74, 6) is 0.977. The van der Waals surface area contributed by atoms with Gasteiger partial charge in [0.2, 0.25) is 5.91 Å². The first-order valence-corrected chi connectivity index (χ1v) is 11.9. The van der Waals surface area contributed by atoms with Crippen LogP contribution in [0.25, 0.3) is 10.9 Å². The van der Waals surface area contributed by atoms with E-state index in [2.05, 4.69) is 40.2 Å². The van der Waals surface area contributed by atoms with Crippen LogP contribution in [0.5, 0.6) is 0 Å². The monoisotopic (exact) mass is 421 g/mol. The van der Waals surface area contributed by atoms with Gasteiger partial charge < -0.3 is 10.0 Å². The predicted molar refractivity (Wildman–Crippen MR) is 117 cm³/mol. The van der Waals surface area contributed by atoms with E-state index in [1.807, 2.05) is 0 Å². The Balaban J connectivity index is 1.25. The highest BCUT2D eigenvalue weighted by molar-refractivity contribution is 5.87. The molecule has 5 atom stereocenters. The molecule has 5 fully saturated rings. The van der Waals surface area contributed by atoms with Crippen molar-refractivity contribution in [1.82, 2.24) is 15.1 Å². The van der Waals surface area contributed by atoms with E-state index in [0.717, 1.165) is 43.4 Å². The Hall–Kier alpha value is -2.37. The molecule has 3 aliphatic carbocycles. The van der Waals surface area contributed by atoms with Crippen LogP contribution in [-0.2, 0) is 9.59 Å². The van der Waals surface area contributed by atoms with Gasteiger partial charge in [0.25, 0.3) is 0 Å². The maximum absolute atomic E-state index is 13.5. The van der Waals surface area contributed by atoms with E-state index in [0.29, 0.717) is 30.6 Å². The van der Waals surface area contributed by atoms with E-state index in [1.165, 1.54) is 23.8 Å². The van der Waals surface area contributed by atoms with Gasteiger partial charge in [0.1, 0.15) is 0 Å². The number of nitrogens with zero attached hydrogens (tertiary/aromatic N) is 2. The van der Waals surface area contributed by atoms with Gasteiger partial charge in [-0.3, -0.25) is 14.7 Å². The van der Waals surface area contributed by atoms with Gasteiger partial charge in [0.15, 0.2) is 0 Å². The number of fused-ring (bicyclic) bond motifs is 2. The van der Waals surface area contributed by atoms with Gasteiger partial charge >= 0.3 is 5.97 Å². The molecule has 1 aromatic carbocycles. The molecule has 0 radical (unpaired) electrons. The zero-order chi connectivity index (χ0) is 21.3. The van der Waals surface area contributed by atoms with Crippen molar-refractivity contribution in [2.45, 2.75) is 76.2 Å². The molecule has 2 N–H and O–H groups in total. The molecular formula is C25H31N3O3. The highest BCUT2D eigenvalue weighted by atomic mass is 16.4. The predicted octanol–water partition coefficient (Wildman–Crippen LogP) is 4.43. The van der Waals surface area contributed by atoms with Crippen LogP contribution in [-0.4, -0.2) is 44.7 Å². The summed E-state index contributed by atoms with van der Waals surface area (Å²) in [6.45, 7) is 2.84. The normalized spacial score (nSPS) is 32.9. The lowest BCUT2D eigenvalue weighted by Crippen LogP contribution is -2.48. The first kappa shape index (κ1) is 19.3. The number of aromatic nitrogens is 2. The third-order valence-corrected chi connectivity index (χ3v) is 8.54. The lowest BCUT2D eigenvalue weighted by Gasteiger charge is -2.45. The summed E-state index contributed by atoms with van der Waals surface area (Å²) >= 11 is 0. The van der Waals surface area contributed by atoms with Crippen molar-refractivity contribution < 1.29 is 14.7 Å². The van der Waals surface area contributed by atoms with E-state index in [4.69, 9.17) is 0 Å². The number of carbonyl (C=O) groups is 2. The summed E-state index contributed by atoms with van der Waals surface area (Å²) in [4.78, 5) is 27.7. The van der Waals surface area contributed by atoms with Crippen LogP contribution in [0, 0.1) is 17.3 Å². The first-order valence-electron chi connectivity index (χ1n) is 11.9. The van der Waals surface area contributed by atoms with Crippen LogP contribution in [0.15, 0.2) is 18.2 Å². The minimum Gasteiger partial charge on any atom is -0.481 e. The van der Waals surface area contributed by atoms with Crippen molar-refractivity contribution in [2.24, 2.45) is 17.3 Å². The molecule has 7 rings (SSSR count). The molecule has 31 heavy (non-hydrogen) atoms. The first-order chi connectivity index (χ1) is 14.9. The lowest BCUT2D eigenvalue weighted by molar-refractivity contribution is -0.157. The molecule has 2 aromatic rings. The molecule has 3 heterocycles. The number of carboxylic acid groups (broad SMARTS) is 1. The fraction of sp³-hybridized carbons (Fsp3) is 0.640. The number of amides is 1. The number of carbonyl (C=O) groups excluding carboxylic acids is 1. The number of aliphatic carboxylic acids is 1. The van der Waals surface area contributed by atoms with E-state index in [1.54, 1.807) is 0 Å². The lowest BCUT2D eigenvalue weighted by atomic mass is 9.59. The molecule has 4 bridgehead atoms. The average Bonchev–Trinajstić information content (AvgIpc) is 3.51. The van der Waals surface area contributed by atoms with Gasteiger partial charge in [-0.25, -0.2) is 0 Å². The van der Waals surface area contributed by atoms with Gasteiger partial charge in [-0.05, 0) is 74.3 Å². The van der Waals surface area contributed by atoms with Crippen LogP contribution in [0.4, 0.5) is 0 Å². The zero-order valence-corrected chi connectivity index (χ0v) is 18.1. The molecule has 3 saturated carbocycles. The van der Waals surface area contributed by atoms with Crippen LogP contribution < -0.4 is 0 Å². The van der Waals surface area contributed by atoms with Crippen molar-refractivity contribution >= 4 is 22.8 Å². The largest absolute Gasteiger partial charge is 0.481 e. The van der Waals surface area contributed by atoms with Crippen molar-refractivity contribution in [3.05, 3.63) is 29.5 Å². The topological polar surface area (TPSA) is 86.3 Å². The summed E-state index contributed by atoms with van der Waals surface area (Å²) in [7, 11) is 0. The average molecular weight is 422 g/mol. The van der Waals surface area contributed by atoms with E-state index >= 15 is 0 Å². The zero-order valence-electron chi connectivity index (χ0n) is 18.1. The second-order valence-corrected chi connectivity index (χ2v) is 10.9. The number of H-pyrrole nitrogens is 1. The highest BCUT2D eigenvalue weighted by Crippen LogP contribution is 2.55. The quantitative estimate of drug-likeness (QED) is 0.748. The molecule has 6 heteroatoms. The minimum atomic E-state index is -0.648. The SMILES string of the molecule is CC(CC(=O)N1CC2CC3CC1CC(C(=O)O)(C3)C2)c1n[nH]c2cccc(C3CC3)c12. The minimum absolute atomic E-state index is 0.0345. The van der Waals surface area contributed by atoms with Gasteiger partial charge in [-0.15, -0.1) is 0 Å². The van der Waals surface area contributed by atoms with E-state index in [9.17, 15) is 14.7 Å². The second-order valence-electron chi connectivity index (χ2n) is 10.9. The standard InChI is InChI=1S/C25H31N3O3/c1-14(23-22-19(17-5-6-17)3-2-4-20(22)26-27-23)7-21(29)28-13-16-8-15-9-18(28)12-25(10-15,11-16)24(30)31/h2-4,14-18H,5-13H2,1H3,(H,26,27)(H,30,31). The summed E-state index contributed by atoms with van der Waals surface area (Å²) in [6.07, 6.45) is 7.14. The number of aromatic amines is 1. The third kappa shape index (κ3) is 3.09. The van der Waals surface area contributed by atoms with Crippen molar-refractivity contribution in [1.29, 1.82) is 0 Å². The molecule has 5 unspecified atom stereocenters. The van der Waals surface area contributed by atoms with Gasteiger partial charge in [0, 0.05) is 30.3 Å². The molecule has 1 amide bonds. The summed E-state index contributed by atoms with van der Waals surface area (Å²) in [5.41, 5.74) is 2.84. The third-order valence-electron chi connectivity index (χ3n) is 8.54. The molecule has 6 nitrogen and oxygen atoms in total. The molecule has 164 valence electrons. The number of nitrogens with one attached hydrogen (secondary N) is 1. The van der Waals surface area contributed by atoms with Gasteiger partial charge in [-0.1, -0.05) is 19.1 Å². The Morgan fingerprint density at radius 2 is 2.03 bits per heavy atom. The van der Waals surface area contributed by atoms with E-state index < -0.39 is 11.4 Å². The maximum atomic E-state index is 13.5. The highest BCUT2D eigenvalue weighted by Gasteiger charge is 2.55. The fourth-order valence-corrected chi connectivity index (χ4v) is 7.16. The Morgan fingerprint density at radius 3 is 2.81 bits per heavy atom. The van der Waals surface area contributed by atoms with Crippen LogP contribution in [0.1, 0.15) is 81.4 Å².